The molecule has 176 valence electrons. The first kappa shape index (κ1) is 24.5. The molecule has 33 heavy (non-hydrogen) atoms. The van der Waals surface area contributed by atoms with E-state index in [1.165, 1.54) is 0 Å². The number of thiocarbonyl (C=S) groups is 1. The maximum Gasteiger partial charge on any atom is 0.264 e. The topological polar surface area (TPSA) is 73.9 Å². The summed E-state index contributed by atoms with van der Waals surface area (Å²) in [6.07, 6.45) is 0.606. The highest BCUT2D eigenvalue weighted by molar-refractivity contribution is 7.80. The fraction of sp³-hybridized carbons (Fsp3) is 0.400. The summed E-state index contributed by atoms with van der Waals surface area (Å²) in [6.45, 7) is 9.06. The van der Waals surface area contributed by atoms with Crippen LogP contribution in [0.15, 0.2) is 48.5 Å². The van der Waals surface area contributed by atoms with Gasteiger partial charge in [-0.2, -0.15) is 0 Å². The quantitative estimate of drug-likeness (QED) is 0.605. The summed E-state index contributed by atoms with van der Waals surface area (Å²) in [4.78, 5) is 28.6. The van der Waals surface area contributed by atoms with Crippen molar-refractivity contribution in [1.29, 1.82) is 0 Å². The van der Waals surface area contributed by atoms with Gasteiger partial charge in [0.2, 0.25) is 5.91 Å². The minimum atomic E-state index is -0.322. The molecule has 0 aromatic heterocycles. The van der Waals surface area contributed by atoms with E-state index in [0.29, 0.717) is 18.1 Å². The van der Waals surface area contributed by atoms with Crippen molar-refractivity contribution in [3.8, 4) is 5.75 Å². The third-order valence-corrected chi connectivity index (χ3v) is 5.62. The normalized spacial score (nSPS) is 13.6. The van der Waals surface area contributed by atoms with E-state index in [1.54, 1.807) is 0 Å². The van der Waals surface area contributed by atoms with Crippen LogP contribution in [0.3, 0.4) is 0 Å². The van der Waals surface area contributed by atoms with Crippen molar-refractivity contribution in [1.82, 2.24) is 10.2 Å². The lowest BCUT2D eigenvalue weighted by Gasteiger charge is -2.36. The molecule has 2 amide bonds. The van der Waals surface area contributed by atoms with E-state index in [0.717, 1.165) is 43.1 Å². The number of amides is 2. The van der Waals surface area contributed by atoms with Gasteiger partial charge in [-0.1, -0.05) is 32.0 Å². The van der Waals surface area contributed by atoms with Crippen molar-refractivity contribution in [2.24, 2.45) is 5.92 Å². The van der Waals surface area contributed by atoms with Crippen LogP contribution in [0.1, 0.15) is 25.8 Å². The average Bonchev–Trinajstić information content (AvgIpc) is 2.78. The number of anilines is 2. The number of benzene rings is 2. The summed E-state index contributed by atoms with van der Waals surface area (Å²) in [6, 6.07) is 15.4. The van der Waals surface area contributed by atoms with Crippen LogP contribution < -0.4 is 20.3 Å². The van der Waals surface area contributed by atoms with E-state index in [4.69, 9.17) is 17.0 Å². The molecule has 1 aliphatic rings. The highest BCUT2D eigenvalue weighted by Gasteiger charge is 2.21. The van der Waals surface area contributed by atoms with E-state index >= 15 is 0 Å². The lowest BCUT2D eigenvalue weighted by atomic mass is 10.1. The molecule has 8 heteroatoms. The van der Waals surface area contributed by atoms with E-state index in [1.807, 2.05) is 60.4 Å². The molecule has 0 aliphatic carbocycles. The van der Waals surface area contributed by atoms with Gasteiger partial charge in [-0.25, -0.2) is 0 Å². The summed E-state index contributed by atoms with van der Waals surface area (Å²) in [5.74, 6) is 0.973. The number of piperazine rings is 1. The number of nitrogens with zero attached hydrogens (tertiary/aromatic N) is 2. The van der Waals surface area contributed by atoms with Crippen LogP contribution in [0, 0.1) is 12.8 Å². The number of rotatable bonds is 7. The first-order chi connectivity index (χ1) is 15.8. The van der Waals surface area contributed by atoms with Gasteiger partial charge in [0.25, 0.3) is 5.91 Å². The summed E-state index contributed by atoms with van der Waals surface area (Å²) in [5, 5.41) is 5.88. The lowest BCUT2D eigenvalue weighted by molar-refractivity contribution is -0.132. The Kier molecular flexibility index (Phi) is 8.65. The maximum atomic E-state index is 12.3. The Balaban J connectivity index is 1.43. The molecule has 0 radical (unpaired) electrons. The first-order valence-electron chi connectivity index (χ1n) is 11.2. The second-order valence-corrected chi connectivity index (χ2v) is 8.98. The number of hydrogen-bond donors (Lipinski definition) is 2. The van der Waals surface area contributed by atoms with Crippen LogP contribution in [0.4, 0.5) is 11.4 Å². The van der Waals surface area contributed by atoms with Gasteiger partial charge in [-0.05, 0) is 61.0 Å². The molecule has 2 aromatic carbocycles. The van der Waals surface area contributed by atoms with Gasteiger partial charge < -0.3 is 19.9 Å². The molecule has 3 rings (SSSR count). The Morgan fingerprint density at radius 1 is 1.03 bits per heavy atom. The van der Waals surface area contributed by atoms with Crippen LogP contribution in [0.5, 0.6) is 5.75 Å². The Morgan fingerprint density at radius 2 is 1.70 bits per heavy atom. The zero-order valence-corrected chi connectivity index (χ0v) is 20.3. The van der Waals surface area contributed by atoms with Crippen molar-refractivity contribution in [3.05, 3.63) is 54.1 Å². The van der Waals surface area contributed by atoms with E-state index in [2.05, 4.69) is 29.4 Å². The van der Waals surface area contributed by atoms with E-state index in [-0.39, 0.29) is 23.5 Å². The molecular weight excluding hydrogens is 436 g/mol. The Bertz CT molecular complexity index is 970. The molecule has 0 saturated carbocycles. The molecule has 0 atom stereocenters. The molecule has 0 unspecified atom stereocenters. The van der Waals surface area contributed by atoms with Gasteiger partial charge in [-0.3, -0.25) is 14.9 Å². The molecule has 1 saturated heterocycles. The van der Waals surface area contributed by atoms with Gasteiger partial charge in [0, 0.05) is 44.0 Å². The van der Waals surface area contributed by atoms with Crippen molar-refractivity contribution in [2.45, 2.75) is 27.2 Å². The van der Waals surface area contributed by atoms with Crippen molar-refractivity contribution >= 4 is 40.5 Å². The van der Waals surface area contributed by atoms with Gasteiger partial charge in [-0.15, -0.1) is 0 Å². The van der Waals surface area contributed by atoms with Gasteiger partial charge in [0.1, 0.15) is 5.75 Å². The van der Waals surface area contributed by atoms with Gasteiger partial charge in [0.05, 0.1) is 0 Å². The fourth-order valence-electron chi connectivity index (χ4n) is 3.63. The SMILES string of the molecule is Cc1ccccc1OCC(=O)NC(=S)Nc1ccc(N2CCN(C(=O)CC(C)C)CC2)cc1. The molecule has 0 spiro atoms. The number of nitrogens with one attached hydrogen (secondary N) is 2. The predicted molar refractivity (Wildman–Crippen MR) is 136 cm³/mol. The zero-order chi connectivity index (χ0) is 23.8. The van der Waals surface area contributed by atoms with Crippen LogP contribution in [0.2, 0.25) is 0 Å². The average molecular weight is 469 g/mol. The molecule has 2 aromatic rings. The van der Waals surface area contributed by atoms with Crippen molar-refractivity contribution < 1.29 is 14.3 Å². The second kappa shape index (κ2) is 11.7. The van der Waals surface area contributed by atoms with Crippen LogP contribution >= 0.6 is 12.2 Å². The molecule has 1 heterocycles. The summed E-state index contributed by atoms with van der Waals surface area (Å²) < 4.78 is 5.54. The third-order valence-electron chi connectivity index (χ3n) is 5.41. The third kappa shape index (κ3) is 7.46. The molecular formula is C25H32N4O3S. The fourth-order valence-corrected chi connectivity index (χ4v) is 3.87. The van der Waals surface area contributed by atoms with Gasteiger partial charge in [0.15, 0.2) is 11.7 Å². The Hall–Kier alpha value is -3.13. The van der Waals surface area contributed by atoms with Crippen LogP contribution in [-0.2, 0) is 9.59 Å². The van der Waals surface area contributed by atoms with E-state index < -0.39 is 0 Å². The largest absolute Gasteiger partial charge is 0.483 e. The molecule has 1 fully saturated rings. The highest BCUT2D eigenvalue weighted by Crippen LogP contribution is 2.20. The number of ether oxygens (including phenoxy) is 1. The minimum absolute atomic E-state index is 0.114. The number of carbonyl (C=O) groups excluding carboxylic acids is 2. The van der Waals surface area contributed by atoms with Crippen molar-refractivity contribution in [2.75, 3.05) is 43.0 Å². The van der Waals surface area contributed by atoms with E-state index in [9.17, 15) is 9.59 Å². The zero-order valence-electron chi connectivity index (χ0n) is 19.5. The molecule has 7 nitrogen and oxygen atoms in total. The first-order valence-corrected chi connectivity index (χ1v) is 11.6. The Labute approximate surface area is 201 Å². The Morgan fingerprint density at radius 3 is 2.33 bits per heavy atom. The predicted octanol–water partition coefficient (Wildman–Crippen LogP) is 3.58. The summed E-state index contributed by atoms with van der Waals surface area (Å²) in [5.41, 5.74) is 2.85. The summed E-state index contributed by atoms with van der Waals surface area (Å²) in [7, 11) is 0. The molecule has 2 N–H and O–H groups in total. The lowest BCUT2D eigenvalue weighted by Crippen LogP contribution is -2.49. The maximum absolute atomic E-state index is 12.3. The summed E-state index contributed by atoms with van der Waals surface area (Å²) >= 11 is 5.25. The van der Waals surface area contributed by atoms with Crippen LogP contribution in [-0.4, -0.2) is 54.6 Å². The number of carbonyl (C=O) groups is 2. The highest BCUT2D eigenvalue weighted by atomic mass is 32.1. The standard InChI is InChI=1S/C25H32N4O3S/c1-18(2)16-24(31)29-14-12-28(13-15-29)21-10-8-20(9-11-21)26-25(33)27-23(30)17-32-22-7-5-4-6-19(22)3/h4-11,18H,12-17H2,1-3H3,(H2,26,27,30,33). The number of aryl methyl sites for hydroxylation is 1. The van der Waals surface area contributed by atoms with Crippen LogP contribution in [0.25, 0.3) is 0 Å². The molecule has 1 aliphatic heterocycles. The molecule has 0 bridgehead atoms. The van der Waals surface area contributed by atoms with Crippen molar-refractivity contribution in [3.63, 3.8) is 0 Å². The monoisotopic (exact) mass is 468 g/mol. The number of para-hydroxylation sites is 1. The van der Waals surface area contributed by atoms with Gasteiger partial charge >= 0.3 is 0 Å². The smallest absolute Gasteiger partial charge is 0.264 e. The minimum Gasteiger partial charge on any atom is -0.483 e. The second-order valence-electron chi connectivity index (χ2n) is 8.57. The number of hydrogen-bond acceptors (Lipinski definition) is 5.